The van der Waals surface area contributed by atoms with E-state index in [0.29, 0.717) is 5.92 Å². The summed E-state index contributed by atoms with van der Waals surface area (Å²) in [5.74, 6) is 2.56. The van der Waals surface area contributed by atoms with Gasteiger partial charge in [-0.1, -0.05) is 64.2 Å². The van der Waals surface area contributed by atoms with Crippen LogP contribution in [0.1, 0.15) is 89.7 Å². The third kappa shape index (κ3) is 6.09. The predicted molar refractivity (Wildman–Crippen MR) is 119 cm³/mol. The molecule has 0 spiro atoms. The summed E-state index contributed by atoms with van der Waals surface area (Å²) >= 11 is 0. The zero-order chi connectivity index (χ0) is 19.6. The number of pyridine rings is 1. The summed E-state index contributed by atoms with van der Waals surface area (Å²) in [5, 5.41) is 0. The second-order valence-corrected chi connectivity index (χ2v) is 8.41. The van der Waals surface area contributed by atoms with Gasteiger partial charge in [-0.15, -0.1) is 0 Å². The van der Waals surface area contributed by atoms with Gasteiger partial charge in [0.05, 0.1) is 6.61 Å². The molecule has 2 aromatic rings. The van der Waals surface area contributed by atoms with E-state index in [4.69, 9.17) is 9.72 Å². The lowest BCUT2D eigenvalue weighted by Crippen LogP contribution is -2.14. The van der Waals surface area contributed by atoms with Crippen molar-refractivity contribution in [2.24, 2.45) is 5.92 Å². The van der Waals surface area contributed by atoms with Crippen LogP contribution in [0.15, 0.2) is 42.6 Å². The van der Waals surface area contributed by atoms with E-state index >= 15 is 0 Å². The number of hydrogen-bond donors (Lipinski definition) is 0. The van der Waals surface area contributed by atoms with Crippen LogP contribution in [-0.2, 0) is 0 Å². The molecule has 0 N–H and O–H groups in total. The molecule has 0 aliphatic heterocycles. The van der Waals surface area contributed by atoms with Crippen LogP contribution < -0.4 is 4.74 Å². The van der Waals surface area contributed by atoms with Gasteiger partial charge in [0.2, 0.25) is 0 Å². The number of unbranched alkanes of at least 4 members (excludes halogenated alkanes) is 3. The first-order chi connectivity index (χ1) is 13.8. The lowest BCUT2D eigenvalue weighted by atomic mass is 9.78. The topological polar surface area (TPSA) is 22.1 Å². The lowest BCUT2D eigenvalue weighted by molar-refractivity contribution is 0.299. The zero-order valence-corrected chi connectivity index (χ0v) is 17.8. The number of rotatable bonds is 10. The van der Waals surface area contributed by atoms with E-state index < -0.39 is 0 Å². The van der Waals surface area contributed by atoms with Gasteiger partial charge in [0.25, 0.3) is 0 Å². The second kappa shape index (κ2) is 11.2. The number of benzene rings is 1. The normalized spacial score (nSPS) is 19.5. The maximum atomic E-state index is 5.67. The quantitative estimate of drug-likeness (QED) is 0.393. The van der Waals surface area contributed by atoms with E-state index in [0.717, 1.165) is 24.7 Å². The maximum Gasteiger partial charge on any atom is 0.119 e. The Balaban J connectivity index is 1.49. The number of ether oxygens (including phenoxy) is 1. The average Bonchev–Trinajstić information content (AvgIpc) is 2.76. The Bertz CT molecular complexity index is 669. The molecule has 1 aliphatic carbocycles. The van der Waals surface area contributed by atoms with Crippen LogP contribution in [0, 0.1) is 5.92 Å². The van der Waals surface area contributed by atoms with Crippen molar-refractivity contribution in [3.05, 3.63) is 48.3 Å². The van der Waals surface area contributed by atoms with Gasteiger partial charge < -0.3 is 4.74 Å². The summed E-state index contributed by atoms with van der Waals surface area (Å²) in [4.78, 5) is 4.83. The van der Waals surface area contributed by atoms with E-state index in [9.17, 15) is 0 Å². The van der Waals surface area contributed by atoms with Gasteiger partial charge in [0, 0.05) is 23.4 Å². The first-order valence-electron chi connectivity index (χ1n) is 11.5. The fraction of sp³-hybridized carbons (Fsp3) is 0.577. The summed E-state index contributed by atoms with van der Waals surface area (Å²) in [7, 11) is 0. The fourth-order valence-corrected chi connectivity index (χ4v) is 4.39. The molecule has 0 unspecified atom stereocenters. The van der Waals surface area contributed by atoms with Crippen molar-refractivity contribution >= 4 is 0 Å². The highest BCUT2D eigenvalue weighted by atomic mass is 16.5. The van der Waals surface area contributed by atoms with Crippen molar-refractivity contribution < 1.29 is 4.74 Å². The minimum Gasteiger partial charge on any atom is -0.494 e. The van der Waals surface area contributed by atoms with Crippen LogP contribution >= 0.6 is 0 Å². The molecule has 0 radical (unpaired) electrons. The minimum atomic E-state index is 0.658. The van der Waals surface area contributed by atoms with Crippen LogP contribution in [0.5, 0.6) is 5.75 Å². The summed E-state index contributed by atoms with van der Waals surface area (Å²) < 4.78 is 5.67. The van der Waals surface area contributed by atoms with Gasteiger partial charge in [0.1, 0.15) is 5.75 Å². The van der Waals surface area contributed by atoms with E-state index in [2.05, 4.69) is 50.2 Å². The Hall–Kier alpha value is -1.83. The summed E-state index contributed by atoms with van der Waals surface area (Å²) in [5.41, 5.74) is 3.69. The van der Waals surface area contributed by atoms with Crippen molar-refractivity contribution in [2.75, 3.05) is 6.61 Å². The first-order valence-corrected chi connectivity index (χ1v) is 11.5. The highest BCUT2D eigenvalue weighted by Gasteiger charge is 2.22. The number of nitrogens with zero attached hydrogens (tertiary/aromatic N) is 1. The van der Waals surface area contributed by atoms with Crippen molar-refractivity contribution in [2.45, 2.75) is 84.0 Å². The Morgan fingerprint density at radius 3 is 2.21 bits per heavy atom. The van der Waals surface area contributed by atoms with E-state index in [1.165, 1.54) is 74.6 Å². The standard InChI is InChI=1S/C26H37NO/c1-3-5-6-7-8-21-9-11-23(12-10-21)26-18-15-24(20-27-26)22-13-16-25(17-14-22)28-19-4-2/h13-18,20-21,23H,3-12,19H2,1-2H3. The number of aromatic nitrogens is 1. The highest BCUT2D eigenvalue weighted by molar-refractivity contribution is 5.63. The van der Waals surface area contributed by atoms with Gasteiger partial charge in [-0.05, 0) is 61.8 Å². The van der Waals surface area contributed by atoms with Crippen molar-refractivity contribution in [1.82, 2.24) is 4.98 Å². The van der Waals surface area contributed by atoms with Gasteiger partial charge in [0.15, 0.2) is 0 Å². The monoisotopic (exact) mass is 379 g/mol. The van der Waals surface area contributed by atoms with Crippen LogP contribution in [0.2, 0.25) is 0 Å². The van der Waals surface area contributed by atoms with Crippen LogP contribution in [0.3, 0.4) is 0 Å². The van der Waals surface area contributed by atoms with E-state index in [1.54, 1.807) is 0 Å². The fourth-order valence-electron chi connectivity index (χ4n) is 4.39. The predicted octanol–water partition coefficient (Wildman–Crippen LogP) is 7.78. The number of hydrogen-bond acceptors (Lipinski definition) is 2. The molecule has 0 bridgehead atoms. The Kier molecular flexibility index (Phi) is 8.39. The first kappa shape index (κ1) is 20.9. The molecule has 2 heteroatoms. The van der Waals surface area contributed by atoms with Crippen molar-refractivity contribution in [1.29, 1.82) is 0 Å². The molecule has 1 fully saturated rings. The molecule has 0 atom stereocenters. The molecular weight excluding hydrogens is 342 g/mol. The van der Waals surface area contributed by atoms with E-state index in [1.807, 2.05) is 6.20 Å². The molecule has 1 aromatic carbocycles. The second-order valence-electron chi connectivity index (χ2n) is 8.41. The van der Waals surface area contributed by atoms with Crippen LogP contribution in [-0.4, -0.2) is 11.6 Å². The zero-order valence-electron chi connectivity index (χ0n) is 17.8. The Morgan fingerprint density at radius 2 is 1.57 bits per heavy atom. The smallest absolute Gasteiger partial charge is 0.119 e. The van der Waals surface area contributed by atoms with Crippen LogP contribution in [0.4, 0.5) is 0 Å². The lowest BCUT2D eigenvalue weighted by Gasteiger charge is -2.28. The van der Waals surface area contributed by atoms with Gasteiger partial charge >= 0.3 is 0 Å². The largest absolute Gasteiger partial charge is 0.494 e. The van der Waals surface area contributed by atoms with Crippen LogP contribution in [0.25, 0.3) is 11.1 Å². The third-order valence-electron chi connectivity index (χ3n) is 6.18. The van der Waals surface area contributed by atoms with Crippen molar-refractivity contribution in [3.8, 4) is 16.9 Å². The molecule has 0 amide bonds. The molecule has 1 aromatic heterocycles. The molecule has 0 saturated heterocycles. The molecule has 1 heterocycles. The van der Waals surface area contributed by atoms with Gasteiger partial charge in [-0.3, -0.25) is 4.98 Å². The average molecular weight is 380 g/mol. The summed E-state index contributed by atoms with van der Waals surface area (Å²) in [6.45, 7) is 5.19. The SMILES string of the molecule is CCCCCCC1CCC(c2ccc(-c3ccc(OCCC)cc3)cn2)CC1. The molecular formula is C26H37NO. The molecule has 3 rings (SSSR count). The Labute approximate surface area is 171 Å². The van der Waals surface area contributed by atoms with Gasteiger partial charge in [-0.25, -0.2) is 0 Å². The summed E-state index contributed by atoms with van der Waals surface area (Å²) in [6.07, 6.45) is 15.5. The highest BCUT2D eigenvalue weighted by Crippen LogP contribution is 2.37. The molecule has 1 saturated carbocycles. The molecule has 28 heavy (non-hydrogen) atoms. The minimum absolute atomic E-state index is 0.658. The summed E-state index contributed by atoms with van der Waals surface area (Å²) in [6, 6.07) is 12.9. The van der Waals surface area contributed by atoms with E-state index in [-0.39, 0.29) is 0 Å². The maximum absolute atomic E-state index is 5.67. The van der Waals surface area contributed by atoms with Gasteiger partial charge in [-0.2, -0.15) is 0 Å². The Morgan fingerprint density at radius 1 is 0.821 bits per heavy atom. The third-order valence-corrected chi connectivity index (χ3v) is 6.18. The molecule has 2 nitrogen and oxygen atoms in total. The molecule has 1 aliphatic rings. The van der Waals surface area contributed by atoms with Crippen molar-refractivity contribution in [3.63, 3.8) is 0 Å². The molecule has 152 valence electrons.